The monoisotopic (exact) mass is 286 g/mol. The van der Waals surface area contributed by atoms with Gasteiger partial charge in [0.2, 0.25) is 10.0 Å². The molecule has 0 aromatic rings. The van der Waals surface area contributed by atoms with Crippen LogP contribution in [0.2, 0.25) is 0 Å². The fourth-order valence-corrected chi connectivity index (χ4v) is 4.17. The Hall–Kier alpha value is -0.390. The minimum absolute atomic E-state index is 0.0955. The van der Waals surface area contributed by atoms with Gasteiger partial charge in [0.15, 0.2) is 0 Å². The topological polar surface area (TPSA) is 49.4 Å². The van der Waals surface area contributed by atoms with Crippen LogP contribution >= 0.6 is 0 Å². The van der Waals surface area contributed by atoms with E-state index in [-0.39, 0.29) is 6.04 Å². The summed E-state index contributed by atoms with van der Waals surface area (Å²) in [4.78, 5) is 2.41. The van der Waals surface area contributed by atoms with Gasteiger partial charge < -0.3 is 4.90 Å². The lowest BCUT2D eigenvalue weighted by atomic mass is 9.80. The van der Waals surface area contributed by atoms with Crippen molar-refractivity contribution in [3.05, 3.63) is 11.6 Å². The molecular weight excluding hydrogens is 260 g/mol. The van der Waals surface area contributed by atoms with Gasteiger partial charge in [0, 0.05) is 19.1 Å². The largest absolute Gasteiger partial charge is 0.301 e. The lowest BCUT2D eigenvalue weighted by Gasteiger charge is -2.32. The average Bonchev–Trinajstić information content (AvgIpc) is 2.69. The van der Waals surface area contributed by atoms with Gasteiger partial charge in [-0.2, -0.15) is 0 Å². The molecule has 1 N–H and O–H groups in total. The number of nitrogens with one attached hydrogen (secondary N) is 1. The molecule has 1 heterocycles. The van der Waals surface area contributed by atoms with Crippen LogP contribution in [0, 0.1) is 11.8 Å². The summed E-state index contributed by atoms with van der Waals surface area (Å²) in [6.45, 7) is 7.50. The predicted molar refractivity (Wildman–Crippen MR) is 78.5 cm³/mol. The van der Waals surface area contributed by atoms with E-state index in [1.165, 1.54) is 24.7 Å². The van der Waals surface area contributed by atoms with Gasteiger partial charge in [0.05, 0.1) is 6.26 Å². The van der Waals surface area contributed by atoms with Crippen molar-refractivity contribution >= 4 is 10.0 Å². The Morgan fingerprint density at radius 2 is 2.16 bits per heavy atom. The predicted octanol–water partition coefficient (Wildman–Crippen LogP) is 1.60. The first-order valence-corrected chi connectivity index (χ1v) is 9.10. The summed E-state index contributed by atoms with van der Waals surface area (Å²) >= 11 is 0. The van der Waals surface area contributed by atoms with Crippen LogP contribution in [0.4, 0.5) is 0 Å². The molecule has 0 aromatic carbocycles. The Labute approximate surface area is 117 Å². The Morgan fingerprint density at radius 1 is 1.42 bits per heavy atom. The summed E-state index contributed by atoms with van der Waals surface area (Å²) in [5, 5.41) is 0. The molecule has 0 radical (unpaired) electrons. The van der Waals surface area contributed by atoms with Gasteiger partial charge in [-0.3, -0.25) is 0 Å². The molecule has 0 spiro atoms. The second-order valence-electron chi connectivity index (χ2n) is 6.24. The van der Waals surface area contributed by atoms with Crippen LogP contribution in [0.1, 0.15) is 33.1 Å². The van der Waals surface area contributed by atoms with Crippen LogP contribution in [-0.4, -0.2) is 45.2 Å². The van der Waals surface area contributed by atoms with Crippen LogP contribution in [0.3, 0.4) is 0 Å². The Bertz CT molecular complexity index is 444. The molecule has 5 heteroatoms. The van der Waals surface area contributed by atoms with Crippen LogP contribution in [0.5, 0.6) is 0 Å². The maximum Gasteiger partial charge on any atom is 0.208 e. The normalized spacial score (nSPS) is 33.4. The lowest BCUT2D eigenvalue weighted by Crippen LogP contribution is -2.38. The Balaban J connectivity index is 1.88. The van der Waals surface area contributed by atoms with Crippen molar-refractivity contribution in [3.63, 3.8) is 0 Å². The van der Waals surface area contributed by atoms with E-state index in [4.69, 9.17) is 0 Å². The third-order valence-corrected chi connectivity index (χ3v) is 5.23. The van der Waals surface area contributed by atoms with E-state index in [1.807, 2.05) is 0 Å². The molecular formula is C14H26N2O2S. The number of hydrogen-bond acceptors (Lipinski definition) is 3. The molecule has 3 atom stereocenters. The van der Waals surface area contributed by atoms with Crippen LogP contribution in [0.15, 0.2) is 11.6 Å². The van der Waals surface area contributed by atoms with E-state index in [0.29, 0.717) is 5.92 Å². The van der Waals surface area contributed by atoms with E-state index in [1.54, 1.807) is 0 Å². The Kier molecular flexibility index (Phi) is 4.69. The summed E-state index contributed by atoms with van der Waals surface area (Å²) in [7, 11) is -3.07. The van der Waals surface area contributed by atoms with Crippen molar-refractivity contribution in [3.8, 4) is 0 Å². The zero-order valence-electron chi connectivity index (χ0n) is 12.2. The molecule has 1 aliphatic carbocycles. The van der Waals surface area contributed by atoms with Crippen LogP contribution < -0.4 is 4.72 Å². The number of hydrogen-bond donors (Lipinski definition) is 1. The van der Waals surface area contributed by atoms with Crippen molar-refractivity contribution in [2.75, 3.05) is 25.9 Å². The van der Waals surface area contributed by atoms with Crippen LogP contribution in [-0.2, 0) is 10.0 Å². The number of allylic oxidation sites excluding steroid dienone is 1. The molecule has 1 saturated heterocycles. The van der Waals surface area contributed by atoms with Crippen molar-refractivity contribution in [1.29, 1.82) is 0 Å². The van der Waals surface area contributed by atoms with E-state index < -0.39 is 10.0 Å². The molecule has 110 valence electrons. The SMILES string of the molecule is CC1=CCC[C@@H](C)[C@@H]1CN1CC[C@@H](NS(C)(=O)=O)C1. The summed E-state index contributed by atoms with van der Waals surface area (Å²) in [5.74, 6) is 1.39. The van der Waals surface area contributed by atoms with Crippen molar-refractivity contribution in [2.24, 2.45) is 11.8 Å². The summed E-state index contributed by atoms with van der Waals surface area (Å²) in [6, 6.07) is 0.0955. The summed E-state index contributed by atoms with van der Waals surface area (Å²) < 4.78 is 25.2. The van der Waals surface area contributed by atoms with Gasteiger partial charge >= 0.3 is 0 Å². The van der Waals surface area contributed by atoms with Crippen molar-refractivity contribution in [1.82, 2.24) is 9.62 Å². The van der Waals surface area contributed by atoms with Crippen LogP contribution in [0.25, 0.3) is 0 Å². The van der Waals surface area contributed by atoms with Gasteiger partial charge in [-0.15, -0.1) is 0 Å². The standard InChI is InChI=1S/C14H26N2O2S/c1-11-5-4-6-12(2)14(11)10-16-8-7-13(9-16)15-19(3,17)18/h5,12-15H,4,6-10H2,1-3H3/t12-,13-,14-/m1/s1. The first-order valence-electron chi connectivity index (χ1n) is 7.21. The highest BCUT2D eigenvalue weighted by molar-refractivity contribution is 7.88. The molecule has 0 saturated carbocycles. The second kappa shape index (κ2) is 5.94. The Morgan fingerprint density at radius 3 is 2.79 bits per heavy atom. The molecule has 1 aliphatic heterocycles. The van der Waals surface area contributed by atoms with E-state index >= 15 is 0 Å². The number of nitrogens with zero attached hydrogens (tertiary/aromatic N) is 1. The zero-order valence-corrected chi connectivity index (χ0v) is 13.0. The molecule has 1 fully saturated rings. The van der Waals surface area contributed by atoms with E-state index in [0.717, 1.165) is 32.0 Å². The first kappa shape index (κ1) is 15.0. The quantitative estimate of drug-likeness (QED) is 0.799. The van der Waals surface area contributed by atoms with Gasteiger partial charge in [-0.1, -0.05) is 18.6 Å². The minimum atomic E-state index is -3.07. The lowest BCUT2D eigenvalue weighted by molar-refractivity contribution is 0.237. The highest BCUT2D eigenvalue weighted by atomic mass is 32.2. The highest BCUT2D eigenvalue weighted by Crippen LogP contribution is 2.31. The number of likely N-dealkylation sites (tertiary alicyclic amines) is 1. The number of rotatable bonds is 4. The molecule has 0 aromatic heterocycles. The van der Waals surface area contributed by atoms with Gasteiger partial charge in [-0.05, 0) is 44.6 Å². The fourth-order valence-electron chi connectivity index (χ4n) is 3.37. The molecule has 2 aliphatic rings. The van der Waals surface area contributed by atoms with Gasteiger partial charge in [-0.25, -0.2) is 13.1 Å². The van der Waals surface area contributed by atoms with E-state index in [9.17, 15) is 8.42 Å². The van der Waals surface area contributed by atoms with E-state index in [2.05, 4.69) is 29.5 Å². The smallest absolute Gasteiger partial charge is 0.208 e. The van der Waals surface area contributed by atoms with Crippen molar-refractivity contribution in [2.45, 2.75) is 39.2 Å². The molecule has 0 unspecified atom stereocenters. The van der Waals surface area contributed by atoms with Gasteiger partial charge in [0.1, 0.15) is 0 Å². The molecule has 0 amide bonds. The maximum atomic E-state index is 11.2. The third kappa shape index (κ3) is 4.29. The molecule has 4 nitrogen and oxygen atoms in total. The van der Waals surface area contributed by atoms with Crippen molar-refractivity contribution < 1.29 is 8.42 Å². The minimum Gasteiger partial charge on any atom is -0.301 e. The first-order chi connectivity index (χ1) is 8.85. The zero-order chi connectivity index (χ0) is 14.0. The second-order valence-corrected chi connectivity index (χ2v) is 8.02. The molecule has 2 rings (SSSR count). The molecule has 19 heavy (non-hydrogen) atoms. The summed E-state index contributed by atoms with van der Waals surface area (Å²) in [6.07, 6.45) is 7.03. The average molecular weight is 286 g/mol. The fraction of sp³-hybridized carbons (Fsp3) is 0.857. The number of sulfonamides is 1. The maximum absolute atomic E-state index is 11.2. The molecule has 0 bridgehead atoms. The van der Waals surface area contributed by atoms with Gasteiger partial charge in [0.25, 0.3) is 0 Å². The third-order valence-electron chi connectivity index (χ3n) is 4.47. The highest BCUT2D eigenvalue weighted by Gasteiger charge is 2.29. The summed E-state index contributed by atoms with van der Waals surface area (Å²) in [5.41, 5.74) is 1.51.